The molecule has 152 valence electrons. The Bertz CT molecular complexity index is 1080. The number of amides is 2. The molecule has 0 fully saturated rings. The molecule has 0 saturated heterocycles. The molecule has 0 bridgehead atoms. The molecule has 3 N–H and O–H groups in total. The second-order valence-corrected chi connectivity index (χ2v) is 7.16. The lowest BCUT2D eigenvalue weighted by Crippen LogP contribution is -2.37. The van der Waals surface area contributed by atoms with Crippen LogP contribution in [-0.2, 0) is 17.8 Å². The van der Waals surface area contributed by atoms with Crippen molar-refractivity contribution in [1.29, 1.82) is 0 Å². The van der Waals surface area contributed by atoms with E-state index >= 15 is 0 Å². The minimum absolute atomic E-state index is 0.00239. The van der Waals surface area contributed by atoms with Gasteiger partial charge < -0.3 is 15.0 Å². The van der Waals surface area contributed by atoms with E-state index in [1.165, 1.54) is 7.05 Å². The lowest BCUT2D eigenvalue weighted by molar-refractivity contribution is -0.114. The van der Waals surface area contributed by atoms with Gasteiger partial charge in [0.2, 0.25) is 0 Å². The summed E-state index contributed by atoms with van der Waals surface area (Å²) < 4.78 is 0. The van der Waals surface area contributed by atoms with Crippen molar-refractivity contribution in [3.05, 3.63) is 51.9 Å². The maximum absolute atomic E-state index is 13.0. The molecule has 10 heteroatoms. The molecule has 29 heavy (non-hydrogen) atoms. The van der Waals surface area contributed by atoms with E-state index in [0.29, 0.717) is 29.2 Å². The number of hydrogen-bond acceptors (Lipinski definition) is 5. The number of hydrogen-bond donors (Lipinski definition) is 3. The molecule has 3 heterocycles. The van der Waals surface area contributed by atoms with Gasteiger partial charge in [-0.3, -0.25) is 19.5 Å². The van der Waals surface area contributed by atoms with Gasteiger partial charge in [0.25, 0.3) is 11.8 Å². The first-order valence-electron chi connectivity index (χ1n) is 9.14. The monoisotopic (exact) mass is 417 g/mol. The van der Waals surface area contributed by atoms with E-state index in [1.807, 2.05) is 12.1 Å². The Kier molecular flexibility index (Phi) is 5.27. The zero-order valence-corrected chi connectivity index (χ0v) is 16.5. The normalized spacial score (nSPS) is 13.6. The Morgan fingerprint density at radius 2 is 2.24 bits per heavy atom. The Morgan fingerprint density at radius 3 is 3.00 bits per heavy atom. The highest BCUT2D eigenvalue weighted by Crippen LogP contribution is 2.27. The fraction of sp³-hybridized carbons (Fsp3) is 0.316. The Hall–Kier alpha value is -2.88. The van der Waals surface area contributed by atoms with E-state index in [2.05, 4.69) is 15.2 Å². The highest BCUT2D eigenvalue weighted by Gasteiger charge is 2.30. The van der Waals surface area contributed by atoms with E-state index in [9.17, 15) is 9.59 Å². The van der Waals surface area contributed by atoms with Crippen molar-refractivity contribution in [1.82, 2.24) is 25.1 Å². The van der Waals surface area contributed by atoms with Gasteiger partial charge in [0.05, 0.1) is 19.8 Å². The molecular weight excluding hydrogens is 398 g/mol. The first kappa shape index (κ1) is 19.4. The second-order valence-electron chi connectivity index (χ2n) is 6.75. The number of aromatic nitrogens is 3. The van der Waals surface area contributed by atoms with E-state index in [0.717, 1.165) is 21.7 Å². The van der Waals surface area contributed by atoms with Gasteiger partial charge in [-0.15, -0.1) is 0 Å². The first-order valence-corrected chi connectivity index (χ1v) is 9.52. The van der Waals surface area contributed by atoms with Gasteiger partial charge in [-0.2, -0.15) is 5.10 Å². The number of carbonyl (C=O) groups is 2. The first-order chi connectivity index (χ1) is 14.0. The predicted octanol–water partition coefficient (Wildman–Crippen LogP) is 1.74. The minimum Gasteiger partial charge on any atom is -0.394 e. The third-order valence-electron chi connectivity index (χ3n) is 4.93. The van der Waals surface area contributed by atoms with Crippen LogP contribution in [0, 0.1) is 0 Å². The number of H-pyrrole nitrogens is 2. The van der Waals surface area contributed by atoms with Gasteiger partial charge in [-0.25, -0.2) is 5.06 Å². The van der Waals surface area contributed by atoms with Crippen LogP contribution in [0.25, 0.3) is 10.9 Å². The van der Waals surface area contributed by atoms with Gasteiger partial charge in [0, 0.05) is 47.2 Å². The molecule has 9 nitrogen and oxygen atoms in total. The van der Waals surface area contributed by atoms with Crippen molar-refractivity contribution in [2.24, 2.45) is 0 Å². The number of aromatic amines is 2. The average Bonchev–Trinajstić information content (AvgIpc) is 3.35. The van der Waals surface area contributed by atoms with Gasteiger partial charge in [-0.05, 0) is 18.2 Å². The number of halogens is 1. The summed E-state index contributed by atoms with van der Waals surface area (Å²) in [6, 6.07) is 7.20. The van der Waals surface area contributed by atoms with E-state index in [1.54, 1.807) is 17.0 Å². The third kappa shape index (κ3) is 3.59. The molecule has 0 saturated carbocycles. The molecule has 0 radical (unpaired) electrons. The quantitative estimate of drug-likeness (QED) is 0.547. The van der Waals surface area contributed by atoms with E-state index in [-0.39, 0.29) is 31.4 Å². The average molecular weight is 418 g/mol. The zero-order chi connectivity index (χ0) is 20.5. The molecule has 0 spiro atoms. The Morgan fingerprint density at radius 1 is 1.41 bits per heavy atom. The van der Waals surface area contributed by atoms with Crippen molar-refractivity contribution < 1.29 is 19.5 Å². The SMILES string of the molecule is CN(OCCO)C(=O)c1n[nH]c2c1CN(C(=O)c1cc3c(Cl)cccc3[nH]1)CC2. The van der Waals surface area contributed by atoms with E-state index in [4.69, 9.17) is 21.5 Å². The summed E-state index contributed by atoms with van der Waals surface area (Å²) in [5.41, 5.74) is 2.94. The van der Waals surface area contributed by atoms with Crippen molar-refractivity contribution in [2.45, 2.75) is 13.0 Å². The van der Waals surface area contributed by atoms with Crippen LogP contribution < -0.4 is 0 Å². The topological polar surface area (TPSA) is 115 Å². The summed E-state index contributed by atoms with van der Waals surface area (Å²) >= 11 is 6.21. The number of rotatable bonds is 5. The number of hydroxylamine groups is 2. The van der Waals surface area contributed by atoms with Gasteiger partial charge in [0.1, 0.15) is 5.69 Å². The fourth-order valence-electron chi connectivity index (χ4n) is 3.43. The molecule has 0 atom stereocenters. The number of benzene rings is 1. The summed E-state index contributed by atoms with van der Waals surface area (Å²) in [6.07, 6.45) is 0.559. The van der Waals surface area contributed by atoms with Crippen LogP contribution in [0.4, 0.5) is 0 Å². The number of carbonyl (C=O) groups excluding carboxylic acids is 2. The summed E-state index contributed by atoms with van der Waals surface area (Å²) in [7, 11) is 1.46. The zero-order valence-electron chi connectivity index (χ0n) is 15.7. The summed E-state index contributed by atoms with van der Waals surface area (Å²) in [4.78, 5) is 35.6. The van der Waals surface area contributed by atoms with Crippen LogP contribution in [0.15, 0.2) is 24.3 Å². The predicted molar refractivity (Wildman–Crippen MR) is 105 cm³/mol. The standard InChI is InChI=1S/C19H20ClN5O4/c1-24(29-8-7-26)19(28)17-12-10-25(6-5-15(12)22-23-17)18(27)16-9-11-13(20)3-2-4-14(11)21-16/h2-4,9,21,26H,5-8,10H2,1H3,(H,22,23). The van der Waals surface area contributed by atoms with E-state index < -0.39 is 5.91 Å². The van der Waals surface area contributed by atoms with Crippen LogP contribution in [0.2, 0.25) is 5.02 Å². The molecule has 2 aromatic heterocycles. The number of fused-ring (bicyclic) bond motifs is 2. The maximum atomic E-state index is 13.0. The minimum atomic E-state index is -0.442. The number of aliphatic hydroxyl groups excluding tert-OH is 1. The molecule has 2 amide bonds. The van der Waals surface area contributed by atoms with Crippen LogP contribution in [0.1, 0.15) is 32.2 Å². The molecular formula is C19H20ClN5O4. The smallest absolute Gasteiger partial charge is 0.297 e. The Labute approximate surface area is 171 Å². The highest BCUT2D eigenvalue weighted by molar-refractivity contribution is 6.35. The molecule has 1 aromatic carbocycles. The molecule has 1 aliphatic rings. The number of nitrogens with one attached hydrogen (secondary N) is 2. The molecule has 0 aliphatic carbocycles. The van der Waals surface area contributed by atoms with Crippen molar-refractivity contribution >= 4 is 34.3 Å². The Balaban J connectivity index is 1.56. The molecule has 1 aliphatic heterocycles. The van der Waals surface area contributed by atoms with Crippen LogP contribution in [-0.4, -0.2) is 68.9 Å². The molecule has 3 aromatic rings. The summed E-state index contributed by atoms with van der Waals surface area (Å²) in [6.45, 7) is 0.555. The van der Waals surface area contributed by atoms with Gasteiger partial charge in [-0.1, -0.05) is 17.7 Å². The number of nitrogens with zero attached hydrogens (tertiary/aromatic N) is 3. The lowest BCUT2D eigenvalue weighted by Gasteiger charge is -2.27. The lowest BCUT2D eigenvalue weighted by atomic mass is 10.0. The van der Waals surface area contributed by atoms with Crippen LogP contribution >= 0.6 is 11.6 Å². The fourth-order valence-corrected chi connectivity index (χ4v) is 3.66. The van der Waals surface area contributed by atoms with Gasteiger partial charge >= 0.3 is 0 Å². The van der Waals surface area contributed by atoms with Crippen molar-refractivity contribution in [3.8, 4) is 0 Å². The van der Waals surface area contributed by atoms with Crippen molar-refractivity contribution in [3.63, 3.8) is 0 Å². The maximum Gasteiger partial charge on any atom is 0.297 e. The largest absolute Gasteiger partial charge is 0.394 e. The van der Waals surface area contributed by atoms with Crippen molar-refractivity contribution in [2.75, 3.05) is 26.8 Å². The molecule has 0 unspecified atom stereocenters. The number of aliphatic hydroxyl groups is 1. The van der Waals surface area contributed by atoms with Gasteiger partial charge in [0.15, 0.2) is 5.69 Å². The molecule has 4 rings (SSSR count). The highest BCUT2D eigenvalue weighted by atomic mass is 35.5. The third-order valence-corrected chi connectivity index (χ3v) is 5.26. The second kappa shape index (κ2) is 7.86. The van der Waals surface area contributed by atoms with Crippen LogP contribution in [0.3, 0.4) is 0 Å². The summed E-state index contributed by atoms with van der Waals surface area (Å²) in [5, 5.41) is 18.3. The van der Waals surface area contributed by atoms with Crippen LogP contribution in [0.5, 0.6) is 0 Å². The summed E-state index contributed by atoms with van der Waals surface area (Å²) in [5.74, 6) is -0.616.